The van der Waals surface area contributed by atoms with Crippen molar-refractivity contribution >= 4 is 11.5 Å². The lowest BCUT2D eigenvalue weighted by Crippen LogP contribution is -2.41. The molecule has 1 aromatic heterocycles. The quantitative estimate of drug-likeness (QED) is 0.829. The first kappa shape index (κ1) is 12.2. The molecule has 1 saturated heterocycles. The Morgan fingerprint density at radius 1 is 1.41 bits per heavy atom. The highest BCUT2D eigenvalue weighted by molar-refractivity contribution is 5.64. The lowest BCUT2D eigenvalue weighted by molar-refractivity contribution is 0.194. The van der Waals surface area contributed by atoms with Gasteiger partial charge in [0.2, 0.25) is 0 Å². The molecule has 3 N–H and O–H groups in total. The van der Waals surface area contributed by atoms with Crippen LogP contribution < -0.4 is 11.1 Å². The number of aryl methyl sites for hydroxylation is 2. The number of likely N-dealkylation sites (N-methyl/N-ethyl adjacent to an activating group) is 1. The second kappa shape index (κ2) is 4.96. The third-order valence-electron chi connectivity index (χ3n) is 3.70. The summed E-state index contributed by atoms with van der Waals surface area (Å²) >= 11 is 0. The summed E-state index contributed by atoms with van der Waals surface area (Å²) in [6, 6.07) is 0.610. The van der Waals surface area contributed by atoms with Crippen LogP contribution in [-0.4, -0.2) is 40.9 Å². The number of rotatable bonds is 3. The Morgan fingerprint density at radius 3 is 2.76 bits per heavy atom. The molecular formula is C12H23N5. The molecule has 0 saturated carbocycles. The van der Waals surface area contributed by atoms with Crippen molar-refractivity contribution in [1.29, 1.82) is 0 Å². The smallest absolute Gasteiger partial charge is 0.147 e. The summed E-state index contributed by atoms with van der Waals surface area (Å²) < 4.78 is 1.83. The molecule has 1 unspecified atom stereocenters. The number of likely N-dealkylation sites (tertiary alicyclic amines) is 1. The molecule has 0 bridgehead atoms. The van der Waals surface area contributed by atoms with Crippen molar-refractivity contribution in [3.63, 3.8) is 0 Å². The van der Waals surface area contributed by atoms with Crippen molar-refractivity contribution in [2.75, 3.05) is 31.2 Å². The maximum absolute atomic E-state index is 5.99. The number of hydrogen-bond donors (Lipinski definition) is 2. The van der Waals surface area contributed by atoms with Crippen molar-refractivity contribution in [2.45, 2.75) is 32.2 Å². The Kier molecular flexibility index (Phi) is 3.57. The SMILES string of the molecule is Cc1nn(C)c(NCC2CCCCN2C)c1N. The predicted octanol–water partition coefficient (Wildman–Crippen LogP) is 1.21. The van der Waals surface area contributed by atoms with E-state index in [0.717, 1.165) is 23.7 Å². The number of nitrogens with two attached hydrogens (primary N) is 1. The van der Waals surface area contributed by atoms with Crippen LogP contribution in [0, 0.1) is 6.92 Å². The molecule has 1 fully saturated rings. The van der Waals surface area contributed by atoms with E-state index in [0.29, 0.717) is 6.04 Å². The summed E-state index contributed by atoms with van der Waals surface area (Å²) in [5.74, 6) is 0.946. The minimum atomic E-state index is 0.610. The third-order valence-corrected chi connectivity index (χ3v) is 3.70. The first-order chi connectivity index (χ1) is 8.09. The van der Waals surface area contributed by atoms with Crippen LogP contribution in [0.1, 0.15) is 25.0 Å². The number of hydrogen-bond acceptors (Lipinski definition) is 4. The van der Waals surface area contributed by atoms with Crippen molar-refractivity contribution in [3.8, 4) is 0 Å². The summed E-state index contributed by atoms with van der Waals surface area (Å²) in [4.78, 5) is 2.43. The summed E-state index contributed by atoms with van der Waals surface area (Å²) in [7, 11) is 4.12. The molecule has 0 radical (unpaired) electrons. The van der Waals surface area contributed by atoms with Gasteiger partial charge in [0.15, 0.2) is 0 Å². The van der Waals surface area contributed by atoms with Crippen LogP contribution in [0.5, 0.6) is 0 Å². The van der Waals surface area contributed by atoms with Crippen LogP contribution in [0.2, 0.25) is 0 Å². The fraction of sp³-hybridized carbons (Fsp3) is 0.750. The maximum Gasteiger partial charge on any atom is 0.147 e. The number of nitrogen functional groups attached to an aromatic ring is 1. The highest BCUT2D eigenvalue weighted by Crippen LogP contribution is 2.22. The van der Waals surface area contributed by atoms with Crippen LogP contribution in [0.3, 0.4) is 0 Å². The first-order valence-electron chi connectivity index (χ1n) is 6.32. The number of nitrogens with one attached hydrogen (secondary N) is 1. The number of anilines is 2. The molecule has 0 spiro atoms. The number of nitrogens with zero attached hydrogens (tertiary/aromatic N) is 3. The molecule has 2 heterocycles. The van der Waals surface area contributed by atoms with E-state index in [9.17, 15) is 0 Å². The zero-order valence-corrected chi connectivity index (χ0v) is 11.0. The zero-order valence-electron chi connectivity index (χ0n) is 11.0. The molecule has 5 heteroatoms. The Bertz CT molecular complexity index is 384. The van der Waals surface area contributed by atoms with Gasteiger partial charge in [-0.1, -0.05) is 6.42 Å². The minimum absolute atomic E-state index is 0.610. The van der Waals surface area contributed by atoms with Crippen LogP contribution in [0.25, 0.3) is 0 Å². The van der Waals surface area contributed by atoms with Crippen molar-refractivity contribution in [1.82, 2.24) is 14.7 Å². The highest BCUT2D eigenvalue weighted by atomic mass is 15.3. The monoisotopic (exact) mass is 237 g/mol. The van der Waals surface area contributed by atoms with E-state index in [1.54, 1.807) is 0 Å². The van der Waals surface area contributed by atoms with E-state index in [2.05, 4.69) is 22.4 Å². The largest absolute Gasteiger partial charge is 0.394 e. The molecule has 17 heavy (non-hydrogen) atoms. The molecule has 0 aromatic carbocycles. The van der Waals surface area contributed by atoms with Crippen molar-refractivity contribution in [2.24, 2.45) is 7.05 Å². The Labute approximate surface area is 103 Å². The molecular weight excluding hydrogens is 214 g/mol. The van der Waals surface area contributed by atoms with E-state index < -0.39 is 0 Å². The van der Waals surface area contributed by atoms with Crippen LogP contribution >= 0.6 is 0 Å². The van der Waals surface area contributed by atoms with Gasteiger partial charge in [0, 0.05) is 19.6 Å². The second-order valence-electron chi connectivity index (χ2n) is 4.98. The van der Waals surface area contributed by atoms with E-state index >= 15 is 0 Å². The summed E-state index contributed by atoms with van der Waals surface area (Å²) in [5.41, 5.74) is 7.66. The molecule has 1 atom stereocenters. The maximum atomic E-state index is 5.99. The van der Waals surface area contributed by atoms with Crippen LogP contribution in [0.4, 0.5) is 11.5 Å². The third kappa shape index (κ3) is 2.54. The molecule has 2 rings (SSSR count). The van der Waals surface area contributed by atoms with Gasteiger partial charge in [0.1, 0.15) is 5.82 Å². The van der Waals surface area contributed by atoms with Crippen LogP contribution in [0.15, 0.2) is 0 Å². The van der Waals surface area contributed by atoms with Gasteiger partial charge in [-0.3, -0.25) is 4.68 Å². The molecule has 1 aromatic rings. The van der Waals surface area contributed by atoms with E-state index in [-0.39, 0.29) is 0 Å². The Morgan fingerprint density at radius 2 is 2.18 bits per heavy atom. The summed E-state index contributed by atoms with van der Waals surface area (Å²) in [6.45, 7) is 4.08. The lowest BCUT2D eigenvalue weighted by Gasteiger charge is -2.32. The standard InChI is InChI=1S/C12H23N5/c1-9-11(13)12(17(3)15-9)14-8-10-6-4-5-7-16(10)2/h10,14H,4-8,13H2,1-3H3. The van der Waals surface area contributed by atoms with Gasteiger partial charge in [-0.15, -0.1) is 0 Å². The number of piperidine rings is 1. The van der Waals surface area contributed by atoms with Gasteiger partial charge in [-0.2, -0.15) is 5.10 Å². The average Bonchev–Trinajstić information content (AvgIpc) is 2.53. The van der Waals surface area contributed by atoms with Gasteiger partial charge in [0.05, 0.1) is 11.4 Å². The second-order valence-corrected chi connectivity index (χ2v) is 4.98. The topological polar surface area (TPSA) is 59.1 Å². The normalized spacial score (nSPS) is 21.7. The van der Waals surface area contributed by atoms with E-state index in [1.807, 2.05) is 18.7 Å². The van der Waals surface area contributed by atoms with Crippen LogP contribution in [-0.2, 0) is 7.05 Å². The fourth-order valence-corrected chi connectivity index (χ4v) is 2.50. The molecule has 96 valence electrons. The van der Waals surface area contributed by atoms with Crippen molar-refractivity contribution < 1.29 is 0 Å². The van der Waals surface area contributed by atoms with Gasteiger partial charge in [-0.05, 0) is 33.4 Å². The first-order valence-corrected chi connectivity index (χ1v) is 6.32. The lowest BCUT2D eigenvalue weighted by atomic mass is 10.0. The summed E-state index contributed by atoms with van der Waals surface area (Å²) in [6.07, 6.45) is 3.91. The molecule has 0 amide bonds. The van der Waals surface area contributed by atoms with Gasteiger partial charge >= 0.3 is 0 Å². The van der Waals surface area contributed by atoms with Gasteiger partial charge in [0.25, 0.3) is 0 Å². The zero-order chi connectivity index (χ0) is 12.4. The van der Waals surface area contributed by atoms with Gasteiger partial charge < -0.3 is 16.0 Å². The van der Waals surface area contributed by atoms with E-state index in [4.69, 9.17) is 5.73 Å². The van der Waals surface area contributed by atoms with Crippen molar-refractivity contribution in [3.05, 3.63) is 5.69 Å². The molecule has 0 aliphatic carbocycles. The highest BCUT2D eigenvalue weighted by Gasteiger charge is 2.19. The fourth-order valence-electron chi connectivity index (χ4n) is 2.50. The Hall–Kier alpha value is -1.23. The predicted molar refractivity (Wildman–Crippen MR) is 71.1 cm³/mol. The summed E-state index contributed by atoms with van der Waals surface area (Å²) in [5, 5.41) is 7.74. The van der Waals surface area contributed by atoms with E-state index in [1.165, 1.54) is 25.8 Å². The molecule has 1 aliphatic heterocycles. The minimum Gasteiger partial charge on any atom is -0.394 e. The molecule has 1 aliphatic rings. The molecule has 5 nitrogen and oxygen atoms in total. The number of aromatic nitrogens is 2. The van der Waals surface area contributed by atoms with Gasteiger partial charge in [-0.25, -0.2) is 0 Å². The Balaban J connectivity index is 1.97. The average molecular weight is 237 g/mol.